The summed E-state index contributed by atoms with van der Waals surface area (Å²) in [6, 6.07) is 0.645. The van der Waals surface area contributed by atoms with Crippen LogP contribution in [0, 0.1) is 0 Å². The van der Waals surface area contributed by atoms with Gasteiger partial charge in [0.15, 0.2) is 5.96 Å². The third-order valence-electron chi connectivity index (χ3n) is 3.25. The SMILES string of the molecule is CN(C(N)=NCCN1CCOCC1)C1CC1.I. The zero-order valence-corrected chi connectivity index (χ0v) is 12.8. The smallest absolute Gasteiger partial charge is 0.191 e. The van der Waals surface area contributed by atoms with Gasteiger partial charge in [-0.15, -0.1) is 24.0 Å². The highest BCUT2D eigenvalue weighted by atomic mass is 127. The van der Waals surface area contributed by atoms with E-state index in [-0.39, 0.29) is 24.0 Å². The Labute approximate surface area is 120 Å². The Hall–Kier alpha value is -0.0800. The lowest BCUT2D eigenvalue weighted by molar-refractivity contribution is 0.0394. The van der Waals surface area contributed by atoms with Crippen LogP contribution in [0.15, 0.2) is 4.99 Å². The molecular weight excluding hydrogens is 331 g/mol. The number of guanidine groups is 1. The molecule has 5 nitrogen and oxygen atoms in total. The minimum absolute atomic E-state index is 0. The lowest BCUT2D eigenvalue weighted by Crippen LogP contribution is -2.39. The van der Waals surface area contributed by atoms with E-state index >= 15 is 0 Å². The molecule has 1 saturated carbocycles. The van der Waals surface area contributed by atoms with Gasteiger partial charge in [0.05, 0.1) is 19.8 Å². The van der Waals surface area contributed by atoms with E-state index in [0.717, 1.165) is 39.4 Å². The summed E-state index contributed by atoms with van der Waals surface area (Å²) in [5.74, 6) is 0.691. The highest BCUT2D eigenvalue weighted by Gasteiger charge is 2.27. The summed E-state index contributed by atoms with van der Waals surface area (Å²) in [5, 5.41) is 0. The Morgan fingerprint density at radius 3 is 2.65 bits per heavy atom. The molecule has 1 aliphatic carbocycles. The molecular formula is C11H23IN4O. The molecule has 2 fully saturated rings. The zero-order valence-electron chi connectivity index (χ0n) is 10.5. The fourth-order valence-corrected chi connectivity index (χ4v) is 1.89. The van der Waals surface area contributed by atoms with Crippen LogP contribution in [0.4, 0.5) is 0 Å². The van der Waals surface area contributed by atoms with E-state index in [1.165, 1.54) is 12.8 Å². The van der Waals surface area contributed by atoms with Crippen LogP contribution in [0.25, 0.3) is 0 Å². The minimum Gasteiger partial charge on any atom is -0.379 e. The summed E-state index contributed by atoms with van der Waals surface area (Å²) >= 11 is 0. The Bertz CT molecular complexity index is 252. The Kier molecular flexibility index (Phi) is 6.50. The van der Waals surface area contributed by atoms with Crippen LogP contribution in [-0.4, -0.2) is 68.2 Å². The predicted molar refractivity (Wildman–Crippen MR) is 79.9 cm³/mol. The third kappa shape index (κ3) is 4.97. The van der Waals surface area contributed by atoms with Crippen molar-refractivity contribution >= 4 is 29.9 Å². The summed E-state index contributed by atoms with van der Waals surface area (Å²) in [6.07, 6.45) is 2.52. The van der Waals surface area contributed by atoms with Crippen LogP contribution in [0.3, 0.4) is 0 Å². The number of ether oxygens (including phenoxy) is 1. The average molecular weight is 354 g/mol. The van der Waals surface area contributed by atoms with Crippen molar-refractivity contribution in [1.82, 2.24) is 9.80 Å². The molecule has 2 aliphatic rings. The van der Waals surface area contributed by atoms with E-state index in [4.69, 9.17) is 10.5 Å². The van der Waals surface area contributed by atoms with Crippen molar-refractivity contribution in [3.05, 3.63) is 0 Å². The molecule has 17 heavy (non-hydrogen) atoms. The maximum Gasteiger partial charge on any atom is 0.191 e. The van der Waals surface area contributed by atoms with Crippen molar-refractivity contribution in [3.8, 4) is 0 Å². The largest absolute Gasteiger partial charge is 0.379 e. The van der Waals surface area contributed by atoms with E-state index in [9.17, 15) is 0 Å². The molecule has 0 unspecified atom stereocenters. The molecule has 0 aromatic carbocycles. The second-order valence-corrected chi connectivity index (χ2v) is 4.54. The molecule has 100 valence electrons. The fourth-order valence-electron chi connectivity index (χ4n) is 1.89. The number of aliphatic imine (C=N–C) groups is 1. The predicted octanol–water partition coefficient (Wildman–Crippen LogP) is 0.345. The summed E-state index contributed by atoms with van der Waals surface area (Å²) in [6.45, 7) is 5.52. The van der Waals surface area contributed by atoms with Crippen molar-refractivity contribution in [2.45, 2.75) is 18.9 Å². The van der Waals surface area contributed by atoms with Crippen LogP contribution < -0.4 is 5.73 Å². The maximum absolute atomic E-state index is 5.91. The van der Waals surface area contributed by atoms with Gasteiger partial charge in [0.25, 0.3) is 0 Å². The number of hydrogen-bond donors (Lipinski definition) is 1. The zero-order chi connectivity index (χ0) is 11.4. The van der Waals surface area contributed by atoms with Crippen LogP contribution >= 0.6 is 24.0 Å². The lowest BCUT2D eigenvalue weighted by Gasteiger charge is -2.26. The summed E-state index contributed by atoms with van der Waals surface area (Å²) in [4.78, 5) is 8.89. The summed E-state index contributed by atoms with van der Waals surface area (Å²) in [5.41, 5.74) is 5.91. The first kappa shape index (κ1) is 15.0. The van der Waals surface area contributed by atoms with E-state index in [2.05, 4.69) is 14.8 Å². The first-order valence-corrected chi connectivity index (χ1v) is 6.10. The minimum atomic E-state index is 0. The summed E-state index contributed by atoms with van der Waals surface area (Å²) < 4.78 is 5.29. The van der Waals surface area contributed by atoms with Gasteiger partial charge in [-0.05, 0) is 12.8 Å². The van der Waals surface area contributed by atoms with Crippen LogP contribution in [0.2, 0.25) is 0 Å². The molecule has 0 aromatic rings. The highest BCUT2D eigenvalue weighted by Crippen LogP contribution is 2.24. The Morgan fingerprint density at radius 2 is 2.06 bits per heavy atom. The number of nitrogens with zero attached hydrogens (tertiary/aromatic N) is 3. The second kappa shape index (κ2) is 7.38. The van der Waals surface area contributed by atoms with E-state index in [1.807, 2.05) is 7.05 Å². The number of morpholine rings is 1. The molecule has 0 bridgehead atoms. The van der Waals surface area contributed by atoms with Gasteiger partial charge < -0.3 is 15.4 Å². The van der Waals surface area contributed by atoms with Crippen molar-refractivity contribution in [1.29, 1.82) is 0 Å². The van der Waals surface area contributed by atoms with Gasteiger partial charge in [-0.2, -0.15) is 0 Å². The molecule has 1 heterocycles. The van der Waals surface area contributed by atoms with E-state index in [1.54, 1.807) is 0 Å². The van der Waals surface area contributed by atoms with Crippen molar-refractivity contribution < 1.29 is 4.74 Å². The van der Waals surface area contributed by atoms with E-state index in [0.29, 0.717) is 12.0 Å². The van der Waals surface area contributed by atoms with Gasteiger partial charge in [0.2, 0.25) is 0 Å². The average Bonchev–Trinajstić information content (AvgIpc) is 3.13. The number of nitrogens with two attached hydrogens (primary N) is 1. The molecule has 0 spiro atoms. The molecule has 0 amide bonds. The van der Waals surface area contributed by atoms with Crippen molar-refractivity contribution in [2.75, 3.05) is 46.4 Å². The third-order valence-corrected chi connectivity index (χ3v) is 3.25. The number of hydrogen-bond acceptors (Lipinski definition) is 3. The number of halogens is 1. The van der Waals surface area contributed by atoms with Gasteiger partial charge in [-0.3, -0.25) is 9.89 Å². The van der Waals surface area contributed by atoms with Crippen molar-refractivity contribution in [3.63, 3.8) is 0 Å². The lowest BCUT2D eigenvalue weighted by atomic mass is 10.4. The quantitative estimate of drug-likeness (QED) is 0.450. The topological polar surface area (TPSA) is 54.1 Å². The van der Waals surface area contributed by atoms with Gasteiger partial charge in [0.1, 0.15) is 0 Å². The molecule has 0 atom stereocenters. The molecule has 2 N–H and O–H groups in total. The molecule has 0 aromatic heterocycles. The van der Waals surface area contributed by atoms with Crippen LogP contribution in [-0.2, 0) is 4.74 Å². The Morgan fingerprint density at radius 1 is 1.41 bits per heavy atom. The van der Waals surface area contributed by atoms with Crippen LogP contribution in [0.5, 0.6) is 0 Å². The van der Waals surface area contributed by atoms with Crippen LogP contribution in [0.1, 0.15) is 12.8 Å². The normalized spacial score (nSPS) is 22.1. The standard InChI is InChI=1S/C11H22N4O.HI/c1-14(10-2-3-10)11(12)13-4-5-15-6-8-16-9-7-15;/h10H,2-9H2,1H3,(H2,12,13);1H. The van der Waals surface area contributed by atoms with E-state index < -0.39 is 0 Å². The van der Waals surface area contributed by atoms with Gasteiger partial charge in [0, 0.05) is 32.7 Å². The molecule has 1 aliphatic heterocycles. The molecule has 2 rings (SSSR count). The Balaban J connectivity index is 0.00000144. The second-order valence-electron chi connectivity index (χ2n) is 4.54. The molecule has 1 saturated heterocycles. The van der Waals surface area contributed by atoms with Gasteiger partial charge >= 0.3 is 0 Å². The molecule has 0 radical (unpaired) electrons. The van der Waals surface area contributed by atoms with Gasteiger partial charge in [-0.25, -0.2) is 0 Å². The van der Waals surface area contributed by atoms with Gasteiger partial charge in [-0.1, -0.05) is 0 Å². The highest BCUT2D eigenvalue weighted by molar-refractivity contribution is 14.0. The maximum atomic E-state index is 5.91. The monoisotopic (exact) mass is 354 g/mol. The number of rotatable bonds is 4. The van der Waals surface area contributed by atoms with Crippen molar-refractivity contribution in [2.24, 2.45) is 10.7 Å². The first-order valence-electron chi connectivity index (χ1n) is 6.10. The first-order chi connectivity index (χ1) is 7.77. The summed E-state index contributed by atoms with van der Waals surface area (Å²) in [7, 11) is 2.03. The molecule has 6 heteroatoms. The fraction of sp³-hybridized carbons (Fsp3) is 0.909.